The predicted octanol–water partition coefficient (Wildman–Crippen LogP) is 3.02. The third kappa shape index (κ3) is 3.96. The normalized spacial score (nSPS) is 27.4. The molecule has 1 aliphatic carbocycles. The van der Waals surface area contributed by atoms with E-state index in [0.29, 0.717) is 5.92 Å². The van der Waals surface area contributed by atoms with Crippen LogP contribution in [-0.4, -0.2) is 23.7 Å². The van der Waals surface area contributed by atoms with Gasteiger partial charge >= 0.3 is 5.97 Å². The minimum Gasteiger partial charge on any atom is -0.445 e. The van der Waals surface area contributed by atoms with Crippen LogP contribution in [0.3, 0.4) is 0 Å². The average Bonchev–Trinajstić information content (AvgIpc) is 2.80. The van der Waals surface area contributed by atoms with E-state index in [-0.39, 0.29) is 17.7 Å². The lowest BCUT2D eigenvalue weighted by Crippen LogP contribution is -2.36. The molecule has 128 valence electrons. The molecule has 3 rings (SSSR count). The number of benzene rings is 1. The molecule has 0 bridgehead atoms. The van der Waals surface area contributed by atoms with Crippen molar-refractivity contribution in [3.8, 4) is 0 Å². The van der Waals surface area contributed by atoms with Crippen LogP contribution in [0.25, 0.3) is 0 Å². The van der Waals surface area contributed by atoms with Crippen molar-refractivity contribution in [1.29, 1.82) is 0 Å². The summed E-state index contributed by atoms with van der Waals surface area (Å²) in [4.78, 5) is 23.7. The Bertz CT molecular complexity index is 643. The monoisotopic (exact) mass is 329 g/mol. The molecule has 1 aromatic rings. The van der Waals surface area contributed by atoms with Gasteiger partial charge in [0.15, 0.2) is 0 Å². The zero-order valence-electron chi connectivity index (χ0n) is 14.1. The molecule has 1 amide bonds. The number of nitrogens with one attached hydrogen (secondary N) is 1. The summed E-state index contributed by atoms with van der Waals surface area (Å²) in [6, 6.07) is 10.6. The molecule has 1 saturated carbocycles. The predicted molar refractivity (Wildman–Crippen MR) is 88.9 cm³/mol. The van der Waals surface area contributed by atoms with E-state index in [1.807, 2.05) is 6.07 Å². The summed E-state index contributed by atoms with van der Waals surface area (Å²) < 4.78 is 10.3. The Labute approximate surface area is 142 Å². The van der Waals surface area contributed by atoms with Crippen LogP contribution in [0.5, 0.6) is 0 Å². The third-order valence-corrected chi connectivity index (χ3v) is 4.50. The van der Waals surface area contributed by atoms with Crippen molar-refractivity contribution in [3.05, 3.63) is 47.7 Å². The Hall–Kier alpha value is -2.30. The zero-order chi connectivity index (χ0) is 17.2. The molecule has 1 heterocycles. The summed E-state index contributed by atoms with van der Waals surface area (Å²) >= 11 is 0. The van der Waals surface area contributed by atoms with Crippen LogP contribution in [0.2, 0.25) is 0 Å². The largest absolute Gasteiger partial charge is 0.445 e. The molecule has 1 N–H and O–H groups in total. The first-order valence-electron chi connectivity index (χ1n) is 8.42. The molecule has 5 heteroatoms. The molecular formula is C19H23NO4. The molecule has 1 aromatic carbocycles. The minimum atomic E-state index is -1.00. The fourth-order valence-corrected chi connectivity index (χ4v) is 3.35. The summed E-state index contributed by atoms with van der Waals surface area (Å²) in [5.74, 6) is -1.37. The molecule has 0 spiro atoms. The molecular weight excluding hydrogens is 306 g/mol. The molecule has 24 heavy (non-hydrogen) atoms. The SMILES string of the molecule is CC1(C)OC(=O)C(=CC(=O)N[C@H]2CC[C@@H](c3ccccc3)CC2)O1. The summed E-state index contributed by atoms with van der Waals surface area (Å²) in [5.41, 5.74) is 1.37. The number of hydrogen-bond donors (Lipinski definition) is 1. The highest BCUT2D eigenvalue weighted by Gasteiger charge is 2.38. The van der Waals surface area contributed by atoms with E-state index in [2.05, 4.69) is 29.6 Å². The molecule has 0 radical (unpaired) electrons. The van der Waals surface area contributed by atoms with Gasteiger partial charge in [-0.2, -0.15) is 0 Å². The van der Waals surface area contributed by atoms with Gasteiger partial charge in [0, 0.05) is 19.9 Å². The van der Waals surface area contributed by atoms with Gasteiger partial charge in [0.2, 0.25) is 17.5 Å². The van der Waals surface area contributed by atoms with Crippen LogP contribution in [0.15, 0.2) is 42.2 Å². The van der Waals surface area contributed by atoms with Crippen molar-refractivity contribution in [2.75, 3.05) is 0 Å². The van der Waals surface area contributed by atoms with E-state index in [4.69, 9.17) is 9.47 Å². The van der Waals surface area contributed by atoms with E-state index in [0.717, 1.165) is 25.7 Å². The molecule has 2 fully saturated rings. The quantitative estimate of drug-likeness (QED) is 0.684. The van der Waals surface area contributed by atoms with Crippen LogP contribution in [0.4, 0.5) is 0 Å². The van der Waals surface area contributed by atoms with Crippen LogP contribution >= 0.6 is 0 Å². The number of cyclic esters (lactones) is 1. The summed E-state index contributed by atoms with van der Waals surface area (Å²) in [7, 11) is 0. The fraction of sp³-hybridized carbons (Fsp3) is 0.474. The van der Waals surface area contributed by atoms with E-state index < -0.39 is 11.8 Å². The highest BCUT2D eigenvalue weighted by atomic mass is 16.8. The fourth-order valence-electron chi connectivity index (χ4n) is 3.35. The van der Waals surface area contributed by atoms with Crippen molar-refractivity contribution in [3.63, 3.8) is 0 Å². The van der Waals surface area contributed by atoms with Gasteiger partial charge in [-0.1, -0.05) is 30.3 Å². The number of hydrogen-bond acceptors (Lipinski definition) is 4. The lowest BCUT2D eigenvalue weighted by Gasteiger charge is -2.29. The maximum atomic E-state index is 12.1. The first kappa shape index (κ1) is 16.6. The maximum Gasteiger partial charge on any atom is 0.377 e. The summed E-state index contributed by atoms with van der Waals surface area (Å²) in [6.45, 7) is 3.27. The van der Waals surface area contributed by atoms with Crippen molar-refractivity contribution in [2.24, 2.45) is 0 Å². The molecule has 0 unspecified atom stereocenters. The molecule has 2 aliphatic rings. The minimum absolute atomic E-state index is 0.0320. The second kappa shape index (κ2) is 6.67. The molecule has 0 atom stereocenters. The number of amides is 1. The van der Waals surface area contributed by atoms with E-state index in [9.17, 15) is 9.59 Å². The molecule has 1 saturated heterocycles. The second-order valence-corrected chi connectivity index (χ2v) is 6.87. The van der Waals surface area contributed by atoms with Crippen LogP contribution in [-0.2, 0) is 19.1 Å². The first-order chi connectivity index (χ1) is 11.4. The van der Waals surface area contributed by atoms with Crippen molar-refractivity contribution >= 4 is 11.9 Å². The van der Waals surface area contributed by atoms with Gasteiger partial charge in [0.1, 0.15) is 0 Å². The van der Waals surface area contributed by atoms with E-state index in [1.165, 1.54) is 11.6 Å². The highest BCUT2D eigenvalue weighted by Crippen LogP contribution is 2.32. The maximum absolute atomic E-state index is 12.1. The number of carbonyl (C=O) groups is 2. The first-order valence-corrected chi connectivity index (χ1v) is 8.42. The molecule has 1 aliphatic heterocycles. The van der Waals surface area contributed by atoms with Gasteiger partial charge in [-0.15, -0.1) is 0 Å². The highest BCUT2D eigenvalue weighted by molar-refractivity contribution is 5.98. The van der Waals surface area contributed by atoms with Crippen LogP contribution in [0.1, 0.15) is 51.0 Å². The van der Waals surface area contributed by atoms with Crippen molar-refractivity contribution < 1.29 is 19.1 Å². The van der Waals surface area contributed by atoms with Gasteiger partial charge < -0.3 is 14.8 Å². The lowest BCUT2D eigenvalue weighted by atomic mass is 9.82. The smallest absolute Gasteiger partial charge is 0.377 e. The Morgan fingerprint density at radius 1 is 1.12 bits per heavy atom. The van der Waals surface area contributed by atoms with Gasteiger partial charge in [0.05, 0.1) is 6.08 Å². The van der Waals surface area contributed by atoms with Crippen LogP contribution < -0.4 is 5.32 Å². The van der Waals surface area contributed by atoms with Gasteiger partial charge in [-0.3, -0.25) is 4.79 Å². The van der Waals surface area contributed by atoms with Crippen molar-refractivity contribution in [2.45, 2.75) is 57.3 Å². The number of rotatable bonds is 3. The van der Waals surface area contributed by atoms with Crippen molar-refractivity contribution in [1.82, 2.24) is 5.32 Å². The average molecular weight is 329 g/mol. The molecule has 0 aromatic heterocycles. The Kier molecular flexibility index (Phi) is 4.60. The van der Waals surface area contributed by atoms with E-state index in [1.54, 1.807) is 13.8 Å². The lowest BCUT2D eigenvalue weighted by molar-refractivity contribution is -0.159. The number of carbonyl (C=O) groups excluding carboxylic acids is 2. The summed E-state index contributed by atoms with van der Waals surface area (Å²) in [5, 5.41) is 2.96. The van der Waals surface area contributed by atoms with Crippen LogP contribution in [0, 0.1) is 0 Å². The Balaban J connectivity index is 1.51. The zero-order valence-corrected chi connectivity index (χ0v) is 14.1. The van der Waals surface area contributed by atoms with Gasteiger partial charge in [0.25, 0.3) is 0 Å². The topological polar surface area (TPSA) is 64.6 Å². The van der Waals surface area contributed by atoms with Gasteiger partial charge in [-0.25, -0.2) is 4.79 Å². The van der Waals surface area contributed by atoms with Gasteiger partial charge in [-0.05, 0) is 37.2 Å². The number of ether oxygens (including phenoxy) is 2. The van der Waals surface area contributed by atoms with E-state index >= 15 is 0 Å². The Morgan fingerprint density at radius 3 is 2.38 bits per heavy atom. The number of esters is 1. The molecule has 5 nitrogen and oxygen atoms in total. The summed E-state index contributed by atoms with van der Waals surface area (Å²) in [6.07, 6.45) is 5.17. The second-order valence-electron chi connectivity index (χ2n) is 6.87. The standard InChI is InChI=1S/C19H23NO4/c1-19(2)23-16(18(22)24-19)12-17(21)20-15-10-8-14(9-11-15)13-6-4-3-5-7-13/h3-7,12,14-15H,8-11H2,1-2H3,(H,20,21)/t14-,15+. The third-order valence-electron chi connectivity index (χ3n) is 4.50. The Morgan fingerprint density at radius 2 is 1.79 bits per heavy atom.